The Morgan fingerprint density at radius 1 is 1.40 bits per heavy atom. The fourth-order valence-corrected chi connectivity index (χ4v) is 2.00. The predicted octanol–water partition coefficient (Wildman–Crippen LogP) is 1.75. The van der Waals surface area contributed by atoms with E-state index in [1.165, 1.54) is 0 Å². The molecule has 1 amide bonds. The average Bonchev–Trinajstić information content (AvgIpc) is 2.43. The molecule has 0 bridgehead atoms. The van der Waals surface area contributed by atoms with E-state index >= 15 is 0 Å². The second-order valence-corrected chi connectivity index (χ2v) is 4.62. The van der Waals surface area contributed by atoms with Gasteiger partial charge in [0.15, 0.2) is 11.5 Å². The zero-order valence-corrected chi connectivity index (χ0v) is 12.5. The van der Waals surface area contributed by atoms with Crippen LogP contribution in [0.1, 0.15) is 25.8 Å². The van der Waals surface area contributed by atoms with E-state index in [1.807, 2.05) is 19.1 Å². The van der Waals surface area contributed by atoms with Gasteiger partial charge in [0.05, 0.1) is 13.2 Å². The number of nitrogens with zero attached hydrogens (tertiary/aromatic N) is 1. The van der Waals surface area contributed by atoms with Crippen LogP contribution in [0.15, 0.2) is 18.2 Å². The maximum absolute atomic E-state index is 11.5. The van der Waals surface area contributed by atoms with E-state index in [0.717, 1.165) is 18.5 Å². The number of hydrogen-bond donors (Lipinski definition) is 2. The van der Waals surface area contributed by atoms with Crippen LogP contribution in [0, 0.1) is 0 Å². The first-order valence-electron chi connectivity index (χ1n) is 6.98. The molecule has 1 rings (SSSR count). The summed E-state index contributed by atoms with van der Waals surface area (Å²) in [6, 6.07) is 5.31. The van der Waals surface area contributed by atoms with E-state index in [9.17, 15) is 9.90 Å². The van der Waals surface area contributed by atoms with Crippen molar-refractivity contribution in [2.45, 2.75) is 26.8 Å². The highest BCUT2D eigenvalue weighted by molar-refractivity contribution is 5.77. The summed E-state index contributed by atoms with van der Waals surface area (Å²) < 4.78 is 5.37. The molecule has 0 spiro atoms. The van der Waals surface area contributed by atoms with Crippen LogP contribution in [-0.2, 0) is 11.3 Å². The molecule has 1 aromatic rings. The summed E-state index contributed by atoms with van der Waals surface area (Å²) in [6.07, 6.45) is 0.980. The molecular formula is C15H24N2O3. The number of carbonyl (C=O) groups excluding carboxylic acids is 1. The summed E-state index contributed by atoms with van der Waals surface area (Å²) in [4.78, 5) is 13.6. The first kappa shape index (κ1) is 16.3. The number of rotatable bonds is 8. The van der Waals surface area contributed by atoms with Crippen LogP contribution in [0.4, 0.5) is 0 Å². The average molecular weight is 280 g/mol. The number of amides is 1. The van der Waals surface area contributed by atoms with Crippen LogP contribution in [0.2, 0.25) is 0 Å². The van der Waals surface area contributed by atoms with Crippen LogP contribution >= 0.6 is 0 Å². The van der Waals surface area contributed by atoms with Crippen LogP contribution in [-0.4, -0.2) is 42.7 Å². The van der Waals surface area contributed by atoms with Crippen LogP contribution in [0.5, 0.6) is 11.5 Å². The number of hydrogen-bond acceptors (Lipinski definition) is 4. The lowest BCUT2D eigenvalue weighted by molar-refractivity contribution is -0.121. The molecule has 0 aliphatic heterocycles. The van der Waals surface area contributed by atoms with Crippen molar-refractivity contribution >= 4 is 5.91 Å². The Hall–Kier alpha value is -1.75. The van der Waals surface area contributed by atoms with Crippen molar-refractivity contribution in [2.75, 3.05) is 26.7 Å². The monoisotopic (exact) mass is 280 g/mol. The smallest absolute Gasteiger partial charge is 0.233 e. The molecule has 20 heavy (non-hydrogen) atoms. The highest BCUT2D eigenvalue weighted by Gasteiger charge is 2.11. The summed E-state index contributed by atoms with van der Waals surface area (Å²) in [6.45, 7) is 6.34. The van der Waals surface area contributed by atoms with Gasteiger partial charge >= 0.3 is 0 Å². The Bertz CT molecular complexity index is 435. The zero-order chi connectivity index (χ0) is 15.0. The van der Waals surface area contributed by atoms with E-state index in [0.29, 0.717) is 25.4 Å². The van der Waals surface area contributed by atoms with Crippen molar-refractivity contribution in [1.29, 1.82) is 0 Å². The second kappa shape index (κ2) is 8.43. The maximum Gasteiger partial charge on any atom is 0.233 e. The SMILES string of the molecule is CCCN(CC(=O)NC)Cc1ccc(O)c(OCC)c1. The van der Waals surface area contributed by atoms with Crippen molar-refractivity contribution in [3.63, 3.8) is 0 Å². The van der Waals surface area contributed by atoms with E-state index in [-0.39, 0.29) is 11.7 Å². The molecule has 0 saturated carbocycles. The van der Waals surface area contributed by atoms with Gasteiger partial charge in [-0.1, -0.05) is 13.0 Å². The van der Waals surface area contributed by atoms with E-state index in [1.54, 1.807) is 13.1 Å². The second-order valence-electron chi connectivity index (χ2n) is 4.62. The Morgan fingerprint density at radius 3 is 2.75 bits per heavy atom. The van der Waals surface area contributed by atoms with Gasteiger partial charge in [-0.3, -0.25) is 9.69 Å². The molecule has 0 aliphatic rings. The first-order valence-corrected chi connectivity index (χ1v) is 6.98. The molecule has 0 atom stereocenters. The predicted molar refractivity (Wildman–Crippen MR) is 78.9 cm³/mol. The van der Waals surface area contributed by atoms with Gasteiger partial charge in [-0.2, -0.15) is 0 Å². The van der Waals surface area contributed by atoms with Crippen molar-refractivity contribution in [3.05, 3.63) is 23.8 Å². The third-order valence-electron chi connectivity index (χ3n) is 2.92. The first-order chi connectivity index (χ1) is 9.60. The number of carbonyl (C=O) groups is 1. The van der Waals surface area contributed by atoms with E-state index in [2.05, 4.69) is 17.1 Å². The van der Waals surface area contributed by atoms with Gasteiger partial charge in [0.1, 0.15) is 0 Å². The number of phenolic OH excluding ortho intramolecular Hbond substituents is 1. The molecule has 2 N–H and O–H groups in total. The number of likely N-dealkylation sites (N-methyl/N-ethyl adjacent to an activating group) is 1. The minimum atomic E-state index is 0.00209. The lowest BCUT2D eigenvalue weighted by Gasteiger charge is -2.21. The van der Waals surface area contributed by atoms with Gasteiger partial charge in [0, 0.05) is 13.6 Å². The Balaban J connectivity index is 2.76. The maximum atomic E-state index is 11.5. The highest BCUT2D eigenvalue weighted by atomic mass is 16.5. The zero-order valence-electron chi connectivity index (χ0n) is 12.5. The molecule has 0 aliphatic carbocycles. The molecule has 5 heteroatoms. The standard InChI is InChI=1S/C15H24N2O3/c1-4-8-17(11-15(19)16-3)10-12-6-7-13(18)14(9-12)20-5-2/h6-7,9,18H,4-5,8,10-11H2,1-3H3,(H,16,19). The molecule has 112 valence electrons. The summed E-state index contributed by atoms with van der Waals surface area (Å²) in [5, 5.41) is 12.3. The topological polar surface area (TPSA) is 61.8 Å². The van der Waals surface area contributed by atoms with Gasteiger partial charge in [0.25, 0.3) is 0 Å². The number of benzene rings is 1. The Morgan fingerprint density at radius 2 is 2.15 bits per heavy atom. The number of nitrogens with one attached hydrogen (secondary N) is 1. The molecular weight excluding hydrogens is 256 g/mol. The van der Waals surface area contributed by atoms with Crippen molar-refractivity contribution < 1.29 is 14.6 Å². The van der Waals surface area contributed by atoms with Crippen LogP contribution < -0.4 is 10.1 Å². The number of phenols is 1. The molecule has 0 heterocycles. The van der Waals surface area contributed by atoms with Gasteiger partial charge in [-0.15, -0.1) is 0 Å². The van der Waals surface area contributed by atoms with Gasteiger partial charge in [-0.05, 0) is 37.6 Å². The van der Waals surface area contributed by atoms with Crippen molar-refractivity contribution in [2.24, 2.45) is 0 Å². The lowest BCUT2D eigenvalue weighted by Crippen LogP contribution is -2.35. The van der Waals surface area contributed by atoms with E-state index < -0.39 is 0 Å². The molecule has 0 fully saturated rings. The number of ether oxygens (including phenoxy) is 1. The minimum Gasteiger partial charge on any atom is -0.504 e. The molecule has 1 aromatic carbocycles. The molecule has 0 aromatic heterocycles. The van der Waals surface area contributed by atoms with Gasteiger partial charge < -0.3 is 15.2 Å². The van der Waals surface area contributed by atoms with Crippen molar-refractivity contribution in [1.82, 2.24) is 10.2 Å². The third kappa shape index (κ3) is 5.09. The quantitative estimate of drug-likeness (QED) is 0.761. The Labute approximate surface area is 120 Å². The van der Waals surface area contributed by atoms with Gasteiger partial charge in [-0.25, -0.2) is 0 Å². The molecule has 0 radical (unpaired) electrons. The fraction of sp³-hybridized carbons (Fsp3) is 0.533. The minimum absolute atomic E-state index is 0.00209. The fourth-order valence-electron chi connectivity index (χ4n) is 2.00. The lowest BCUT2D eigenvalue weighted by atomic mass is 10.2. The van der Waals surface area contributed by atoms with Crippen LogP contribution in [0.3, 0.4) is 0 Å². The number of aromatic hydroxyl groups is 1. The molecule has 0 saturated heterocycles. The summed E-state index contributed by atoms with van der Waals surface area (Å²) in [5.74, 6) is 0.632. The normalized spacial score (nSPS) is 10.6. The van der Waals surface area contributed by atoms with Crippen LogP contribution in [0.25, 0.3) is 0 Å². The largest absolute Gasteiger partial charge is 0.504 e. The van der Waals surface area contributed by atoms with Crippen molar-refractivity contribution in [3.8, 4) is 11.5 Å². The van der Waals surface area contributed by atoms with E-state index in [4.69, 9.17) is 4.74 Å². The third-order valence-corrected chi connectivity index (χ3v) is 2.92. The summed E-state index contributed by atoms with van der Waals surface area (Å²) in [5.41, 5.74) is 1.02. The molecule has 5 nitrogen and oxygen atoms in total. The Kier molecular flexibility index (Phi) is 6.87. The van der Waals surface area contributed by atoms with Gasteiger partial charge in [0.2, 0.25) is 5.91 Å². The summed E-state index contributed by atoms with van der Waals surface area (Å²) >= 11 is 0. The summed E-state index contributed by atoms with van der Waals surface area (Å²) in [7, 11) is 1.64. The molecule has 0 unspecified atom stereocenters. The highest BCUT2D eigenvalue weighted by Crippen LogP contribution is 2.27.